The molecule has 6 rings (SSSR count). The highest BCUT2D eigenvalue weighted by atomic mass is 19.1. The first kappa shape index (κ1) is 21.9. The first-order valence-electron chi connectivity index (χ1n) is 12.1. The van der Waals surface area contributed by atoms with Crippen LogP contribution < -0.4 is 0 Å². The number of rotatable bonds is 4. The van der Waals surface area contributed by atoms with Gasteiger partial charge in [0.15, 0.2) is 0 Å². The molecule has 2 fully saturated rings. The van der Waals surface area contributed by atoms with Crippen LogP contribution in [0.15, 0.2) is 30.5 Å². The second-order valence-corrected chi connectivity index (χ2v) is 9.58. The highest BCUT2D eigenvalue weighted by Gasteiger charge is 2.40. The Labute approximate surface area is 201 Å². The summed E-state index contributed by atoms with van der Waals surface area (Å²) in [7, 11) is 1.92. The van der Waals surface area contributed by atoms with Gasteiger partial charge in [-0.15, -0.1) is 0 Å². The van der Waals surface area contributed by atoms with Crippen LogP contribution in [0.25, 0.3) is 22.3 Å². The van der Waals surface area contributed by atoms with E-state index in [1.165, 1.54) is 12.8 Å². The molecule has 0 spiro atoms. The third kappa shape index (κ3) is 3.53. The summed E-state index contributed by atoms with van der Waals surface area (Å²) in [4.78, 5) is 44.9. The van der Waals surface area contributed by atoms with Gasteiger partial charge in [-0.25, -0.2) is 14.4 Å². The number of hydrazine groups is 1. The molecule has 3 aliphatic heterocycles. The van der Waals surface area contributed by atoms with Crippen LogP contribution in [-0.2, 0) is 29.7 Å². The molecule has 0 N–H and O–H groups in total. The molecule has 35 heavy (non-hydrogen) atoms. The summed E-state index contributed by atoms with van der Waals surface area (Å²) in [5.74, 6) is -1.92. The summed E-state index contributed by atoms with van der Waals surface area (Å²) >= 11 is 0. The molecule has 1 aromatic carbocycles. The Morgan fingerprint density at radius 2 is 1.69 bits per heavy atom. The van der Waals surface area contributed by atoms with E-state index < -0.39 is 23.5 Å². The van der Waals surface area contributed by atoms with E-state index in [1.807, 2.05) is 29.9 Å². The monoisotopic (exact) mass is 475 g/mol. The fourth-order valence-corrected chi connectivity index (χ4v) is 5.46. The maximum Gasteiger partial charge on any atom is 0.273 e. The van der Waals surface area contributed by atoms with Crippen LogP contribution in [0, 0.1) is 5.82 Å². The number of fused-ring (bicyclic) bond motifs is 2. The van der Waals surface area contributed by atoms with Gasteiger partial charge >= 0.3 is 0 Å². The van der Waals surface area contributed by atoms with Gasteiger partial charge in [-0.2, -0.15) is 5.01 Å². The Balaban J connectivity index is 1.40. The van der Waals surface area contributed by atoms with E-state index in [4.69, 9.17) is 4.98 Å². The van der Waals surface area contributed by atoms with Gasteiger partial charge in [-0.3, -0.25) is 19.3 Å². The zero-order valence-electron chi connectivity index (χ0n) is 19.6. The number of hydrogen-bond acceptors (Lipinski definition) is 5. The smallest absolute Gasteiger partial charge is 0.273 e. The zero-order valence-corrected chi connectivity index (χ0v) is 19.6. The summed E-state index contributed by atoms with van der Waals surface area (Å²) in [6, 6.07) is 7.13. The molecule has 2 aromatic heterocycles. The minimum Gasteiger partial charge on any atom is -0.336 e. The standard InChI is InChI=1S/C26H26FN5O3/c1-29-12-9-17-16(14-30-10-2-3-11-30)13-21(28-25(17)29)19-8-7-18-20(24(19)27)15-31(26(18)35)32-22(33)5-4-6-23(32)34/h7-9,12-13H,2-6,10-11,14-15H2,1H3. The second-order valence-electron chi connectivity index (χ2n) is 9.58. The SMILES string of the molecule is Cn1ccc2c(CN3CCCC3)cc(-c3ccc4c(c3F)CN(N3C(=O)CCCC3=O)C4=O)nc21. The van der Waals surface area contributed by atoms with Crippen LogP contribution in [-0.4, -0.2) is 55.3 Å². The van der Waals surface area contributed by atoms with Gasteiger partial charge in [0.05, 0.1) is 12.2 Å². The first-order valence-corrected chi connectivity index (χ1v) is 12.1. The number of nitrogens with zero attached hydrogens (tertiary/aromatic N) is 5. The Morgan fingerprint density at radius 1 is 0.971 bits per heavy atom. The highest BCUT2D eigenvalue weighted by Crippen LogP contribution is 2.35. The molecule has 0 atom stereocenters. The number of imide groups is 1. The number of carbonyl (C=O) groups is 3. The fourth-order valence-electron chi connectivity index (χ4n) is 5.46. The van der Waals surface area contributed by atoms with Crippen LogP contribution in [0.5, 0.6) is 0 Å². The molecule has 2 saturated heterocycles. The summed E-state index contributed by atoms with van der Waals surface area (Å²) in [5, 5.41) is 3.02. The number of benzene rings is 1. The van der Waals surface area contributed by atoms with Crippen molar-refractivity contribution in [2.75, 3.05) is 13.1 Å². The quantitative estimate of drug-likeness (QED) is 0.541. The van der Waals surface area contributed by atoms with Gasteiger partial charge in [0, 0.05) is 54.7 Å². The van der Waals surface area contributed by atoms with Crippen LogP contribution in [0.1, 0.15) is 53.6 Å². The molecular formula is C26H26FN5O3. The molecule has 5 heterocycles. The largest absolute Gasteiger partial charge is 0.336 e. The van der Waals surface area contributed by atoms with Gasteiger partial charge in [-0.05, 0) is 62.2 Å². The minimum absolute atomic E-state index is 0.154. The molecule has 0 bridgehead atoms. The molecule has 9 heteroatoms. The Kier molecular flexibility index (Phi) is 5.17. The van der Waals surface area contributed by atoms with Gasteiger partial charge < -0.3 is 4.57 Å². The van der Waals surface area contributed by atoms with E-state index >= 15 is 4.39 Å². The number of pyridine rings is 1. The fraction of sp³-hybridized carbons (Fsp3) is 0.385. The third-order valence-electron chi connectivity index (χ3n) is 7.30. The lowest BCUT2D eigenvalue weighted by atomic mass is 10.0. The van der Waals surface area contributed by atoms with E-state index in [1.54, 1.807) is 12.1 Å². The van der Waals surface area contributed by atoms with E-state index in [9.17, 15) is 14.4 Å². The van der Waals surface area contributed by atoms with Gasteiger partial charge in [0.25, 0.3) is 5.91 Å². The summed E-state index contributed by atoms with van der Waals surface area (Å²) in [6.07, 6.45) is 5.18. The topological polar surface area (TPSA) is 78.8 Å². The predicted molar refractivity (Wildman–Crippen MR) is 126 cm³/mol. The van der Waals surface area contributed by atoms with Crippen LogP contribution in [0.2, 0.25) is 0 Å². The maximum atomic E-state index is 15.9. The van der Waals surface area contributed by atoms with Gasteiger partial charge in [0.1, 0.15) is 11.5 Å². The molecule has 0 radical (unpaired) electrons. The Hall–Kier alpha value is -3.59. The average molecular weight is 476 g/mol. The summed E-state index contributed by atoms with van der Waals surface area (Å²) < 4.78 is 17.8. The van der Waals surface area contributed by atoms with Crippen molar-refractivity contribution in [3.8, 4) is 11.3 Å². The number of piperidine rings is 1. The molecule has 0 unspecified atom stereocenters. The lowest BCUT2D eigenvalue weighted by Gasteiger charge is -2.32. The Bertz CT molecular complexity index is 1380. The number of aryl methyl sites for hydroxylation is 1. The van der Waals surface area contributed by atoms with Crippen molar-refractivity contribution in [2.24, 2.45) is 7.05 Å². The molecular weight excluding hydrogens is 449 g/mol. The molecule has 3 aliphatic rings. The molecule has 3 aromatic rings. The average Bonchev–Trinajstić information content (AvgIpc) is 3.56. The summed E-state index contributed by atoms with van der Waals surface area (Å²) in [6.45, 7) is 2.71. The molecule has 8 nitrogen and oxygen atoms in total. The molecule has 180 valence electrons. The van der Waals surface area contributed by atoms with E-state index in [0.717, 1.165) is 46.2 Å². The normalized spacial score (nSPS) is 18.9. The van der Waals surface area contributed by atoms with Crippen molar-refractivity contribution in [1.29, 1.82) is 0 Å². The summed E-state index contributed by atoms with van der Waals surface area (Å²) in [5.41, 5.74) is 3.04. The van der Waals surface area contributed by atoms with Crippen LogP contribution >= 0.6 is 0 Å². The number of aromatic nitrogens is 2. The minimum atomic E-state index is -0.538. The molecule has 3 amide bonds. The van der Waals surface area contributed by atoms with Gasteiger partial charge in [-0.1, -0.05) is 0 Å². The number of halogens is 1. The number of hydrogen-bond donors (Lipinski definition) is 0. The maximum absolute atomic E-state index is 15.9. The third-order valence-corrected chi connectivity index (χ3v) is 7.30. The van der Waals surface area contributed by atoms with Crippen molar-refractivity contribution in [3.63, 3.8) is 0 Å². The van der Waals surface area contributed by atoms with Crippen molar-refractivity contribution in [2.45, 2.75) is 45.2 Å². The lowest BCUT2D eigenvalue weighted by Crippen LogP contribution is -2.52. The highest BCUT2D eigenvalue weighted by molar-refractivity contribution is 6.05. The zero-order chi connectivity index (χ0) is 24.3. The number of carbonyl (C=O) groups excluding carboxylic acids is 3. The van der Waals surface area contributed by atoms with E-state index in [0.29, 0.717) is 17.7 Å². The van der Waals surface area contributed by atoms with Crippen LogP contribution in [0.3, 0.4) is 0 Å². The van der Waals surface area contributed by atoms with Gasteiger partial charge in [0.2, 0.25) is 11.8 Å². The van der Waals surface area contributed by atoms with Crippen molar-refractivity contribution >= 4 is 28.8 Å². The lowest BCUT2D eigenvalue weighted by molar-refractivity contribution is -0.163. The van der Waals surface area contributed by atoms with E-state index in [-0.39, 0.29) is 30.5 Å². The van der Waals surface area contributed by atoms with Crippen LogP contribution in [0.4, 0.5) is 4.39 Å². The first-order chi connectivity index (χ1) is 16.9. The van der Waals surface area contributed by atoms with E-state index in [2.05, 4.69) is 4.90 Å². The van der Waals surface area contributed by atoms with Crippen molar-refractivity contribution < 1.29 is 18.8 Å². The predicted octanol–water partition coefficient (Wildman–Crippen LogP) is 3.39. The number of amides is 3. The molecule has 0 saturated carbocycles. The van der Waals surface area contributed by atoms with Crippen molar-refractivity contribution in [3.05, 3.63) is 53.0 Å². The molecule has 0 aliphatic carbocycles. The Morgan fingerprint density at radius 3 is 2.43 bits per heavy atom. The second kappa shape index (κ2) is 8.27. The number of likely N-dealkylation sites (tertiary alicyclic amines) is 1. The van der Waals surface area contributed by atoms with Crippen molar-refractivity contribution in [1.82, 2.24) is 24.5 Å².